The molecular formula is C23H21FN2O2. The number of allylic oxidation sites excluding steroid dienone is 7. The van der Waals surface area contributed by atoms with Crippen molar-refractivity contribution in [3.05, 3.63) is 95.2 Å². The maximum atomic E-state index is 14.1. The number of carbonyl (C=O) groups excluding carboxylic acids is 1. The van der Waals surface area contributed by atoms with Gasteiger partial charge in [0, 0.05) is 24.5 Å². The maximum absolute atomic E-state index is 14.1. The second kappa shape index (κ2) is 7.82. The summed E-state index contributed by atoms with van der Waals surface area (Å²) in [6, 6.07) is 4.69. The average molecular weight is 376 g/mol. The van der Waals surface area contributed by atoms with Gasteiger partial charge < -0.3 is 10.1 Å². The predicted molar refractivity (Wildman–Crippen MR) is 108 cm³/mol. The van der Waals surface area contributed by atoms with Gasteiger partial charge in [0.05, 0.1) is 7.11 Å². The van der Waals surface area contributed by atoms with Crippen molar-refractivity contribution in [3.8, 4) is 5.75 Å². The highest BCUT2D eigenvalue weighted by atomic mass is 19.1. The summed E-state index contributed by atoms with van der Waals surface area (Å²) in [5.41, 5.74) is 4.35. The van der Waals surface area contributed by atoms with E-state index in [1.807, 2.05) is 36.6 Å². The van der Waals surface area contributed by atoms with Crippen LogP contribution in [0.25, 0.3) is 5.57 Å². The second-order valence-electron chi connectivity index (χ2n) is 6.71. The first-order valence-corrected chi connectivity index (χ1v) is 9.23. The Balaban J connectivity index is 1.68. The van der Waals surface area contributed by atoms with E-state index in [1.165, 1.54) is 24.8 Å². The molecule has 3 heterocycles. The minimum atomic E-state index is -0.457. The number of nitrogens with zero attached hydrogens (tertiary/aromatic N) is 1. The zero-order valence-electron chi connectivity index (χ0n) is 15.6. The van der Waals surface area contributed by atoms with Gasteiger partial charge >= 0.3 is 0 Å². The number of hydrogen-bond donors (Lipinski definition) is 1. The molecule has 0 saturated carbocycles. The first-order valence-electron chi connectivity index (χ1n) is 9.23. The molecule has 3 aliphatic rings. The predicted octanol–water partition coefficient (Wildman–Crippen LogP) is 3.87. The number of amides is 1. The van der Waals surface area contributed by atoms with Crippen LogP contribution in [0.15, 0.2) is 83.8 Å². The summed E-state index contributed by atoms with van der Waals surface area (Å²) in [6.45, 7) is 1.77. The van der Waals surface area contributed by atoms with Crippen LogP contribution in [0.3, 0.4) is 0 Å². The maximum Gasteiger partial charge on any atom is 0.255 e. The number of hydrogen-bond acceptors (Lipinski definition) is 3. The van der Waals surface area contributed by atoms with Crippen molar-refractivity contribution >= 4 is 11.5 Å². The highest BCUT2D eigenvalue weighted by Gasteiger charge is 2.20. The Labute approximate surface area is 163 Å². The van der Waals surface area contributed by atoms with Gasteiger partial charge in [-0.05, 0) is 59.5 Å². The Morgan fingerprint density at radius 1 is 1.18 bits per heavy atom. The van der Waals surface area contributed by atoms with Gasteiger partial charge in [-0.1, -0.05) is 30.4 Å². The Bertz CT molecular complexity index is 996. The molecule has 0 unspecified atom stereocenters. The molecule has 4 rings (SSSR count). The average Bonchev–Trinajstić information content (AvgIpc) is 2.72. The third kappa shape index (κ3) is 3.62. The number of nitrogens with one attached hydrogen (secondary N) is 1. The van der Waals surface area contributed by atoms with E-state index >= 15 is 0 Å². The molecule has 1 amide bonds. The Kier molecular flexibility index (Phi) is 5.08. The van der Waals surface area contributed by atoms with Crippen LogP contribution in [0, 0.1) is 5.82 Å². The van der Waals surface area contributed by atoms with E-state index < -0.39 is 5.82 Å². The lowest BCUT2D eigenvalue weighted by Crippen LogP contribution is -2.27. The lowest BCUT2D eigenvalue weighted by atomic mass is 9.97. The van der Waals surface area contributed by atoms with Crippen molar-refractivity contribution in [2.75, 3.05) is 20.2 Å². The van der Waals surface area contributed by atoms with Crippen molar-refractivity contribution in [2.24, 2.45) is 0 Å². The molecule has 5 heteroatoms. The van der Waals surface area contributed by atoms with Crippen molar-refractivity contribution < 1.29 is 13.9 Å². The summed E-state index contributed by atoms with van der Waals surface area (Å²) < 4.78 is 19.1. The van der Waals surface area contributed by atoms with Crippen LogP contribution in [-0.4, -0.2) is 31.0 Å². The van der Waals surface area contributed by atoms with Crippen molar-refractivity contribution in [2.45, 2.75) is 6.42 Å². The molecule has 1 aromatic carbocycles. The number of ether oxygens (including phenoxy) is 1. The molecule has 0 radical (unpaired) electrons. The summed E-state index contributed by atoms with van der Waals surface area (Å²) in [6.07, 6.45) is 16.1. The Morgan fingerprint density at radius 3 is 2.82 bits per heavy atom. The monoisotopic (exact) mass is 376 g/mol. The molecule has 142 valence electrons. The minimum absolute atomic E-state index is 0.168. The number of halogens is 1. The van der Waals surface area contributed by atoms with E-state index in [0.717, 1.165) is 30.8 Å². The fourth-order valence-corrected chi connectivity index (χ4v) is 3.44. The quantitative estimate of drug-likeness (QED) is 0.871. The summed E-state index contributed by atoms with van der Waals surface area (Å²) in [5, 5.41) is 3.30. The minimum Gasteiger partial charge on any atom is -0.494 e. The molecule has 0 spiro atoms. The van der Waals surface area contributed by atoms with Crippen LogP contribution < -0.4 is 10.1 Å². The van der Waals surface area contributed by atoms with E-state index in [0.29, 0.717) is 11.1 Å². The van der Waals surface area contributed by atoms with Crippen LogP contribution in [-0.2, 0) is 4.79 Å². The van der Waals surface area contributed by atoms with Crippen LogP contribution in [0.5, 0.6) is 5.75 Å². The molecular weight excluding hydrogens is 355 g/mol. The number of rotatable bonds is 3. The molecule has 1 aromatic rings. The van der Waals surface area contributed by atoms with E-state index in [9.17, 15) is 9.18 Å². The van der Waals surface area contributed by atoms with Gasteiger partial charge in [-0.25, -0.2) is 4.39 Å². The molecule has 1 N–H and O–H groups in total. The number of carbonyl (C=O) groups is 1. The highest BCUT2D eigenvalue weighted by molar-refractivity contribution is 6.00. The molecule has 0 atom stereocenters. The van der Waals surface area contributed by atoms with Gasteiger partial charge in [0.2, 0.25) is 0 Å². The lowest BCUT2D eigenvalue weighted by molar-refractivity contribution is -0.122. The third-order valence-electron chi connectivity index (χ3n) is 4.96. The third-order valence-corrected chi connectivity index (χ3v) is 4.96. The molecule has 3 aliphatic heterocycles. The normalized spacial score (nSPS) is 20.9. The zero-order chi connectivity index (χ0) is 19.5. The molecule has 0 saturated heterocycles. The van der Waals surface area contributed by atoms with E-state index in [1.54, 1.807) is 17.0 Å². The fourth-order valence-electron chi connectivity index (χ4n) is 3.44. The van der Waals surface area contributed by atoms with Crippen molar-refractivity contribution in [1.82, 2.24) is 10.2 Å². The second-order valence-corrected chi connectivity index (χ2v) is 6.71. The summed E-state index contributed by atoms with van der Waals surface area (Å²) in [4.78, 5) is 14.6. The molecule has 4 nitrogen and oxygen atoms in total. The Morgan fingerprint density at radius 2 is 2.07 bits per heavy atom. The van der Waals surface area contributed by atoms with Crippen LogP contribution in [0.1, 0.15) is 12.0 Å². The molecule has 0 aliphatic carbocycles. The SMILES string of the molecule is COc1ccc(C2=CC(=O)N3C=C(C4=CCNCC4)C=C/C3=C\C=C2)cc1F. The Hall–Kier alpha value is -3.18. The van der Waals surface area contributed by atoms with E-state index in [4.69, 9.17) is 4.74 Å². The fraction of sp³-hybridized carbons (Fsp3) is 0.174. The standard InChI is InChI=1S/C23H21FN2O2/c1-28-22-8-6-18(13-21(22)24)17-3-2-4-20-7-5-19(15-26(20)23(27)14-17)16-9-11-25-12-10-16/h2-9,13-15,25H,10-12H2,1H3/b3-2?,17-14?,20-4+. The largest absolute Gasteiger partial charge is 0.494 e. The number of fused-ring (bicyclic) bond motifs is 1. The summed E-state index contributed by atoms with van der Waals surface area (Å²) in [5.74, 6) is -0.448. The van der Waals surface area contributed by atoms with Gasteiger partial charge in [0.25, 0.3) is 5.91 Å². The molecule has 0 aromatic heterocycles. The molecule has 0 fully saturated rings. The van der Waals surface area contributed by atoms with Gasteiger partial charge in [-0.15, -0.1) is 0 Å². The van der Waals surface area contributed by atoms with Gasteiger partial charge in [-0.2, -0.15) is 0 Å². The van der Waals surface area contributed by atoms with E-state index in [2.05, 4.69) is 11.4 Å². The smallest absolute Gasteiger partial charge is 0.255 e. The number of methoxy groups -OCH3 is 1. The van der Waals surface area contributed by atoms with E-state index in [-0.39, 0.29) is 11.7 Å². The first kappa shape index (κ1) is 18.2. The first-order chi connectivity index (χ1) is 13.7. The summed E-state index contributed by atoms with van der Waals surface area (Å²) >= 11 is 0. The lowest BCUT2D eigenvalue weighted by Gasteiger charge is -2.26. The zero-order valence-corrected chi connectivity index (χ0v) is 15.6. The van der Waals surface area contributed by atoms with Crippen LogP contribution in [0.2, 0.25) is 0 Å². The van der Waals surface area contributed by atoms with Crippen LogP contribution in [0.4, 0.5) is 4.39 Å². The van der Waals surface area contributed by atoms with Gasteiger partial charge in [0.15, 0.2) is 11.6 Å². The number of benzene rings is 1. The topological polar surface area (TPSA) is 41.6 Å². The van der Waals surface area contributed by atoms with Crippen LogP contribution >= 0.6 is 0 Å². The molecule has 0 bridgehead atoms. The highest BCUT2D eigenvalue weighted by Crippen LogP contribution is 2.28. The summed E-state index contributed by atoms with van der Waals surface area (Å²) in [7, 11) is 1.43. The molecule has 28 heavy (non-hydrogen) atoms. The van der Waals surface area contributed by atoms with Crippen molar-refractivity contribution in [3.63, 3.8) is 0 Å². The van der Waals surface area contributed by atoms with Gasteiger partial charge in [0.1, 0.15) is 0 Å². The van der Waals surface area contributed by atoms with Gasteiger partial charge in [-0.3, -0.25) is 9.69 Å². The van der Waals surface area contributed by atoms with Crippen molar-refractivity contribution in [1.29, 1.82) is 0 Å².